The summed E-state index contributed by atoms with van der Waals surface area (Å²) in [5.74, 6) is 0.665. The Hall–Kier alpha value is -0.570. The summed E-state index contributed by atoms with van der Waals surface area (Å²) in [6, 6.07) is 0. The number of hydrogen-bond donors (Lipinski definition) is 1. The Kier molecular flexibility index (Phi) is 3.01. The molecule has 1 N–H and O–H groups in total. The molecule has 15 heavy (non-hydrogen) atoms. The first-order valence-electron chi connectivity index (χ1n) is 5.97. The minimum absolute atomic E-state index is 0.300. The van der Waals surface area contributed by atoms with Gasteiger partial charge < -0.3 is 9.84 Å². The Morgan fingerprint density at radius 2 is 2.13 bits per heavy atom. The second-order valence-electron chi connectivity index (χ2n) is 5.10. The SMILES string of the molecule is CC1OC2CCCC(CC(=O)O)C2C1C. The van der Waals surface area contributed by atoms with Crippen LogP contribution in [0.1, 0.15) is 39.5 Å². The highest BCUT2D eigenvalue weighted by atomic mass is 16.5. The summed E-state index contributed by atoms with van der Waals surface area (Å²) in [6.07, 6.45) is 4.26. The van der Waals surface area contributed by atoms with Crippen LogP contribution >= 0.6 is 0 Å². The van der Waals surface area contributed by atoms with E-state index in [0.29, 0.717) is 36.4 Å². The quantitative estimate of drug-likeness (QED) is 0.764. The van der Waals surface area contributed by atoms with Crippen molar-refractivity contribution in [2.24, 2.45) is 17.8 Å². The number of aliphatic carboxylic acids is 1. The van der Waals surface area contributed by atoms with Crippen molar-refractivity contribution in [2.75, 3.05) is 0 Å². The van der Waals surface area contributed by atoms with Crippen LogP contribution in [0.3, 0.4) is 0 Å². The van der Waals surface area contributed by atoms with E-state index in [2.05, 4.69) is 13.8 Å². The van der Waals surface area contributed by atoms with Gasteiger partial charge in [-0.3, -0.25) is 4.79 Å². The smallest absolute Gasteiger partial charge is 0.303 e. The molecule has 1 heterocycles. The first-order chi connectivity index (χ1) is 7.09. The number of ether oxygens (including phenoxy) is 1. The molecule has 3 heteroatoms. The van der Waals surface area contributed by atoms with Gasteiger partial charge in [-0.25, -0.2) is 0 Å². The lowest BCUT2D eigenvalue weighted by atomic mass is 9.71. The van der Waals surface area contributed by atoms with Crippen molar-refractivity contribution in [3.63, 3.8) is 0 Å². The molecule has 1 aliphatic heterocycles. The molecule has 0 aromatic heterocycles. The number of hydrogen-bond acceptors (Lipinski definition) is 2. The summed E-state index contributed by atoms with van der Waals surface area (Å²) in [5, 5.41) is 8.90. The summed E-state index contributed by atoms with van der Waals surface area (Å²) >= 11 is 0. The van der Waals surface area contributed by atoms with Crippen molar-refractivity contribution < 1.29 is 14.6 Å². The first kappa shape index (κ1) is 10.9. The standard InChI is InChI=1S/C12H20O3/c1-7-8(2)15-10-5-3-4-9(12(7)10)6-11(13)14/h7-10,12H,3-6H2,1-2H3,(H,13,14). The van der Waals surface area contributed by atoms with E-state index in [4.69, 9.17) is 9.84 Å². The highest BCUT2D eigenvalue weighted by Crippen LogP contribution is 2.45. The number of fused-ring (bicyclic) bond motifs is 1. The summed E-state index contributed by atoms with van der Waals surface area (Å²) in [6.45, 7) is 4.32. The second kappa shape index (κ2) is 4.12. The Balaban J connectivity index is 2.08. The van der Waals surface area contributed by atoms with Crippen LogP contribution in [0.25, 0.3) is 0 Å². The van der Waals surface area contributed by atoms with Gasteiger partial charge in [0.05, 0.1) is 12.2 Å². The molecule has 0 amide bonds. The van der Waals surface area contributed by atoms with Crippen LogP contribution in [0.15, 0.2) is 0 Å². The van der Waals surface area contributed by atoms with Gasteiger partial charge in [-0.1, -0.05) is 13.3 Å². The summed E-state index contributed by atoms with van der Waals surface area (Å²) < 4.78 is 5.90. The van der Waals surface area contributed by atoms with Gasteiger partial charge in [0.25, 0.3) is 0 Å². The fourth-order valence-corrected chi connectivity index (χ4v) is 3.37. The largest absolute Gasteiger partial charge is 0.481 e. The molecule has 0 radical (unpaired) electrons. The fraction of sp³-hybridized carbons (Fsp3) is 0.917. The van der Waals surface area contributed by atoms with Crippen molar-refractivity contribution in [2.45, 2.75) is 51.7 Å². The van der Waals surface area contributed by atoms with E-state index >= 15 is 0 Å². The maximum absolute atomic E-state index is 10.8. The van der Waals surface area contributed by atoms with Gasteiger partial charge in [-0.2, -0.15) is 0 Å². The van der Waals surface area contributed by atoms with Crippen LogP contribution in [0.4, 0.5) is 0 Å². The predicted octanol–water partition coefficient (Wildman–Crippen LogP) is 2.30. The van der Waals surface area contributed by atoms with Gasteiger partial charge >= 0.3 is 5.97 Å². The Morgan fingerprint density at radius 3 is 2.80 bits per heavy atom. The van der Waals surface area contributed by atoms with Gasteiger partial charge in [-0.05, 0) is 37.5 Å². The number of carbonyl (C=O) groups is 1. The summed E-state index contributed by atoms with van der Waals surface area (Å²) in [7, 11) is 0. The van der Waals surface area contributed by atoms with E-state index in [9.17, 15) is 4.79 Å². The lowest BCUT2D eigenvalue weighted by Gasteiger charge is -2.33. The van der Waals surface area contributed by atoms with Crippen LogP contribution < -0.4 is 0 Å². The molecule has 1 saturated heterocycles. The van der Waals surface area contributed by atoms with E-state index in [1.54, 1.807) is 0 Å². The van der Waals surface area contributed by atoms with E-state index in [1.807, 2.05) is 0 Å². The first-order valence-corrected chi connectivity index (χ1v) is 5.97. The molecule has 0 spiro atoms. The normalized spacial score (nSPS) is 45.1. The minimum atomic E-state index is -0.660. The third-order valence-corrected chi connectivity index (χ3v) is 4.21. The van der Waals surface area contributed by atoms with Crippen LogP contribution in [0, 0.1) is 17.8 Å². The third-order valence-electron chi connectivity index (χ3n) is 4.21. The van der Waals surface area contributed by atoms with Crippen molar-refractivity contribution in [3.8, 4) is 0 Å². The highest BCUT2D eigenvalue weighted by Gasteiger charge is 2.45. The van der Waals surface area contributed by atoms with Crippen molar-refractivity contribution in [3.05, 3.63) is 0 Å². The fourth-order valence-electron chi connectivity index (χ4n) is 3.37. The Labute approximate surface area is 90.8 Å². The van der Waals surface area contributed by atoms with Crippen LogP contribution in [0.5, 0.6) is 0 Å². The maximum atomic E-state index is 10.8. The van der Waals surface area contributed by atoms with E-state index < -0.39 is 5.97 Å². The molecule has 2 fully saturated rings. The monoisotopic (exact) mass is 212 g/mol. The molecule has 2 aliphatic rings. The average molecular weight is 212 g/mol. The van der Waals surface area contributed by atoms with Gasteiger partial charge in [0.15, 0.2) is 0 Å². The molecular weight excluding hydrogens is 192 g/mol. The molecular formula is C12H20O3. The number of carboxylic acids is 1. The van der Waals surface area contributed by atoms with E-state index in [-0.39, 0.29) is 0 Å². The van der Waals surface area contributed by atoms with Crippen molar-refractivity contribution in [1.82, 2.24) is 0 Å². The molecule has 0 aromatic rings. The predicted molar refractivity (Wildman–Crippen MR) is 56.6 cm³/mol. The second-order valence-corrected chi connectivity index (χ2v) is 5.10. The molecule has 0 aromatic carbocycles. The molecule has 5 unspecified atom stereocenters. The molecule has 0 bridgehead atoms. The molecule has 2 rings (SSSR count). The van der Waals surface area contributed by atoms with Crippen molar-refractivity contribution in [1.29, 1.82) is 0 Å². The van der Waals surface area contributed by atoms with Gasteiger partial charge in [0.1, 0.15) is 0 Å². The lowest BCUT2D eigenvalue weighted by Crippen LogP contribution is -2.33. The zero-order valence-electron chi connectivity index (χ0n) is 9.48. The van der Waals surface area contributed by atoms with E-state index in [1.165, 1.54) is 0 Å². The number of carboxylic acid groups (broad SMARTS) is 1. The topological polar surface area (TPSA) is 46.5 Å². The minimum Gasteiger partial charge on any atom is -0.481 e. The summed E-state index contributed by atoms with van der Waals surface area (Å²) in [5.41, 5.74) is 0. The zero-order chi connectivity index (χ0) is 11.0. The zero-order valence-corrected chi connectivity index (χ0v) is 9.48. The molecule has 5 atom stereocenters. The van der Waals surface area contributed by atoms with Crippen molar-refractivity contribution >= 4 is 5.97 Å². The Bertz CT molecular complexity index is 251. The van der Waals surface area contributed by atoms with Crippen LogP contribution in [-0.4, -0.2) is 23.3 Å². The lowest BCUT2D eigenvalue weighted by molar-refractivity contribution is -0.139. The maximum Gasteiger partial charge on any atom is 0.303 e. The highest BCUT2D eigenvalue weighted by molar-refractivity contribution is 5.67. The molecule has 86 valence electrons. The van der Waals surface area contributed by atoms with Crippen LogP contribution in [0.2, 0.25) is 0 Å². The van der Waals surface area contributed by atoms with Gasteiger partial charge in [0, 0.05) is 6.42 Å². The van der Waals surface area contributed by atoms with Crippen LogP contribution in [-0.2, 0) is 9.53 Å². The van der Waals surface area contributed by atoms with E-state index in [0.717, 1.165) is 19.3 Å². The third kappa shape index (κ3) is 2.03. The summed E-state index contributed by atoms with van der Waals surface area (Å²) in [4.78, 5) is 10.8. The Morgan fingerprint density at radius 1 is 1.40 bits per heavy atom. The van der Waals surface area contributed by atoms with Gasteiger partial charge in [-0.15, -0.1) is 0 Å². The average Bonchev–Trinajstić information content (AvgIpc) is 2.43. The molecule has 3 nitrogen and oxygen atoms in total. The molecule has 1 aliphatic carbocycles. The van der Waals surface area contributed by atoms with Gasteiger partial charge in [0.2, 0.25) is 0 Å². The number of rotatable bonds is 2. The molecule has 1 saturated carbocycles.